The Morgan fingerprint density at radius 3 is 2.32 bits per heavy atom. The van der Waals surface area contributed by atoms with E-state index in [0.29, 0.717) is 70.1 Å². The maximum Gasteiger partial charge on any atom is 0.322 e. The summed E-state index contributed by atoms with van der Waals surface area (Å²) in [6.45, 7) is 4.73. The zero-order valence-corrected chi connectivity index (χ0v) is 27.8. The Morgan fingerprint density at radius 1 is 0.872 bits per heavy atom. The average molecular weight is 644 g/mol. The van der Waals surface area contributed by atoms with Gasteiger partial charge in [0.25, 0.3) is 0 Å². The number of nitrogens with zero attached hydrogens (tertiary/aromatic N) is 5. The number of piperazine rings is 1. The molecule has 2 N–H and O–H groups in total. The van der Waals surface area contributed by atoms with Crippen molar-refractivity contribution in [2.45, 2.75) is 81.7 Å². The molecule has 11 heteroatoms. The topological polar surface area (TPSA) is 101 Å². The van der Waals surface area contributed by atoms with Gasteiger partial charge in [-0.2, -0.15) is 0 Å². The van der Waals surface area contributed by atoms with Crippen molar-refractivity contribution >= 4 is 23.7 Å². The van der Waals surface area contributed by atoms with Gasteiger partial charge in [-0.15, -0.1) is 0 Å². The normalized spacial score (nSPS) is 26.0. The highest BCUT2D eigenvalue weighted by Crippen LogP contribution is 2.36. The van der Waals surface area contributed by atoms with Crippen molar-refractivity contribution in [3.05, 3.63) is 59.7 Å². The lowest BCUT2D eigenvalue weighted by Crippen LogP contribution is -2.60. The molecule has 0 aromatic heterocycles. The van der Waals surface area contributed by atoms with Crippen LogP contribution in [-0.4, -0.2) is 126 Å². The SMILES string of the molecule is COc1cccc(CC(NC(=O)N2CCC(N3Cc4ccccc4NC3=O)CC2)C(=O)N2CCN(C3CC4CCC(C3)N4C)CC2)c1. The first kappa shape index (κ1) is 31.8. The van der Waals surface area contributed by atoms with Crippen LogP contribution in [0.25, 0.3) is 0 Å². The van der Waals surface area contributed by atoms with Crippen LogP contribution in [0.15, 0.2) is 48.5 Å². The fraction of sp³-hybridized carbons (Fsp3) is 0.583. The fourth-order valence-electron chi connectivity index (χ4n) is 8.58. The number of carbonyl (C=O) groups excluding carboxylic acids is 3. The number of methoxy groups -OCH3 is 1. The Morgan fingerprint density at radius 2 is 1.60 bits per heavy atom. The van der Waals surface area contributed by atoms with Crippen LogP contribution in [0.3, 0.4) is 0 Å². The number of anilines is 1. The van der Waals surface area contributed by atoms with Crippen molar-refractivity contribution in [3.63, 3.8) is 0 Å². The van der Waals surface area contributed by atoms with E-state index < -0.39 is 6.04 Å². The van der Waals surface area contributed by atoms with Crippen molar-refractivity contribution in [2.24, 2.45) is 0 Å². The van der Waals surface area contributed by atoms with Crippen molar-refractivity contribution in [1.29, 1.82) is 0 Å². The predicted octanol–water partition coefficient (Wildman–Crippen LogP) is 3.60. The highest BCUT2D eigenvalue weighted by Gasteiger charge is 2.41. The van der Waals surface area contributed by atoms with Crippen molar-refractivity contribution < 1.29 is 19.1 Å². The van der Waals surface area contributed by atoms with E-state index in [1.165, 1.54) is 25.7 Å². The van der Waals surface area contributed by atoms with Gasteiger partial charge in [0.05, 0.1) is 7.11 Å². The molecule has 2 aromatic rings. The molecule has 0 saturated carbocycles. The van der Waals surface area contributed by atoms with Gasteiger partial charge in [-0.05, 0) is 74.9 Å². The number of benzene rings is 2. The molecule has 11 nitrogen and oxygen atoms in total. The number of hydrogen-bond acceptors (Lipinski definition) is 6. The Bertz CT molecular complexity index is 1440. The number of hydrogen-bond donors (Lipinski definition) is 2. The second-order valence-corrected chi connectivity index (χ2v) is 14.0. The predicted molar refractivity (Wildman–Crippen MR) is 180 cm³/mol. The standard InChI is InChI=1S/C36H49N7O4/c1-39-28-10-11-29(39)23-30(22-28)40-16-18-41(19-17-40)34(44)33(21-25-6-5-8-31(20-25)47-2)38-35(45)42-14-12-27(13-15-42)43-24-26-7-3-4-9-32(26)37-36(43)46/h3-9,20,27-30,33H,10-19,21-24H2,1-2H3,(H,37,46)(H,38,45). The van der Waals surface area contributed by atoms with E-state index in [-0.39, 0.29) is 24.0 Å². The Hall–Kier alpha value is -3.83. The molecule has 4 fully saturated rings. The quantitative estimate of drug-likeness (QED) is 0.479. The van der Waals surface area contributed by atoms with Crippen LogP contribution in [-0.2, 0) is 17.8 Å². The van der Waals surface area contributed by atoms with E-state index in [0.717, 1.165) is 35.7 Å². The summed E-state index contributed by atoms with van der Waals surface area (Å²) in [7, 11) is 3.91. The summed E-state index contributed by atoms with van der Waals surface area (Å²) < 4.78 is 5.44. The van der Waals surface area contributed by atoms with Crippen LogP contribution < -0.4 is 15.4 Å². The highest BCUT2D eigenvalue weighted by molar-refractivity contribution is 5.92. The number of rotatable bonds is 7. The number of carbonyl (C=O) groups is 3. The zero-order chi connectivity index (χ0) is 32.5. The second-order valence-electron chi connectivity index (χ2n) is 14.0. The van der Waals surface area contributed by atoms with E-state index >= 15 is 0 Å². The fourth-order valence-corrected chi connectivity index (χ4v) is 8.58. The lowest BCUT2D eigenvalue weighted by molar-refractivity contribution is -0.135. The van der Waals surface area contributed by atoms with Crippen molar-refractivity contribution in [1.82, 2.24) is 29.8 Å². The number of likely N-dealkylation sites (tertiary alicyclic amines) is 1. The first-order valence-corrected chi connectivity index (χ1v) is 17.4. The minimum Gasteiger partial charge on any atom is -0.497 e. The van der Waals surface area contributed by atoms with E-state index in [1.54, 1.807) is 12.0 Å². The van der Waals surface area contributed by atoms with E-state index in [1.807, 2.05) is 58.3 Å². The molecule has 0 radical (unpaired) electrons. The second kappa shape index (κ2) is 13.7. The number of amides is 5. The van der Waals surface area contributed by atoms with Gasteiger partial charge in [0.15, 0.2) is 0 Å². The van der Waals surface area contributed by atoms with Gasteiger partial charge < -0.3 is 35.0 Å². The Labute approximate surface area is 278 Å². The molecule has 5 aliphatic rings. The molecule has 5 heterocycles. The van der Waals surface area contributed by atoms with Crippen LogP contribution in [0.1, 0.15) is 49.7 Å². The molecule has 2 aromatic carbocycles. The summed E-state index contributed by atoms with van der Waals surface area (Å²) in [5.41, 5.74) is 2.91. The van der Waals surface area contributed by atoms with E-state index in [4.69, 9.17) is 4.74 Å². The molecule has 0 aliphatic carbocycles. The summed E-state index contributed by atoms with van der Waals surface area (Å²) in [6.07, 6.45) is 6.84. The monoisotopic (exact) mass is 643 g/mol. The van der Waals surface area contributed by atoms with Gasteiger partial charge in [-0.25, -0.2) is 9.59 Å². The van der Waals surface area contributed by atoms with Gasteiger partial charge in [-0.3, -0.25) is 9.69 Å². The van der Waals surface area contributed by atoms with Crippen molar-refractivity contribution in [2.75, 3.05) is 58.7 Å². The Kier molecular flexibility index (Phi) is 9.27. The molecule has 4 saturated heterocycles. The zero-order valence-electron chi connectivity index (χ0n) is 27.8. The minimum atomic E-state index is -0.678. The maximum absolute atomic E-state index is 14.1. The third kappa shape index (κ3) is 6.78. The van der Waals surface area contributed by atoms with Crippen LogP contribution in [0.4, 0.5) is 15.3 Å². The first-order chi connectivity index (χ1) is 22.9. The molecule has 7 rings (SSSR count). The third-order valence-electron chi connectivity index (χ3n) is 11.4. The summed E-state index contributed by atoms with van der Waals surface area (Å²) in [5, 5.41) is 6.14. The van der Waals surface area contributed by atoms with Crippen molar-refractivity contribution in [3.8, 4) is 5.75 Å². The molecule has 47 heavy (non-hydrogen) atoms. The van der Waals surface area contributed by atoms with Crippen LogP contribution in [0, 0.1) is 0 Å². The molecule has 3 unspecified atom stereocenters. The Balaban J connectivity index is 0.972. The molecular weight excluding hydrogens is 594 g/mol. The largest absolute Gasteiger partial charge is 0.497 e. The lowest BCUT2D eigenvalue weighted by Gasteiger charge is -2.45. The molecule has 5 aliphatic heterocycles. The lowest BCUT2D eigenvalue weighted by atomic mass is 9.96. The molecule has 252 valence electrons. The van der Waals surface area contributed by atoms with Gasteiger partial charge in [-0.1, -0.05) is 30.3 Å². The number of fused-ring (bicyclic) bond motifs is 3. The summed E-state index contributed by atoms with van der Waals surface area (Å²) >= 11 is 0. The van der Waals surface area contributed by atoms with Crippen LogP contribution in [0.5, 0.6) is 5.75 Å². The number of urea groups is 2. The maximum atomic E-state index is 14.1. The van der Waals surface area contributed by atoms with Gasteiger partial charge >= 0.3 is 12.1 Å². The number of ether oxygens (including phenoxy) is 1. The molecule has 3 atom stereocenters. The third-order valence-corrected chi connectivity index (χ3v) is 11.4. The van der Waals surface area contributed by atoms with Gasteiger partial charge in [0, 0.05) is 82.1 Å². The molecule has 5 amide bonds. The van der Waals surface area contributed by atoms with Gasteiger partial charge in [0.2, 0.25) is 5.91 Å². The smallest absolute Gasteiger partial charge is 0.322 e. The number of piperidine rings is 2. The van der Waals surface area contributed by atoms with E-state index in [2.05, 4.69) is 27.5 Å². The minimum absolute atomic E-state index is 0.0252. The molecular formula is C36H49N7O4. The first-order valence-electron chi connectivity index (χ1n) is 17.4. The van der Waals surface area contributed by atoms with E-state index in [9.17, 15) is 14.4 Å². The molecule has 2 bridgehead atoms. The summed E-state index contributed by atoms with van der Waals surface area (Å²) in [6, 6.07) is 16.7. The summed E-state index contributed by atoms with van der Waals surface area (Å²) in [4.78, 5) is 51.5. The molecule has 0 spiro atoms. The van der Waals surface area contributed by atoms with Gasteiger partial charge in [0.1, 0.15) is 11.8 Å². The van der Waals surface area contributed by atoms with Crippen LogP contribution in [0.2, 0.25) is 0 Å². The van der Waals surface area contributed by atoms with Crippen LogP contribution >= 0.6 is 0 Å². The number of para-hydroxylation sites is 1. The summed E-state index contributed by atoms with van der Waals surface area (Å²) in [5.74, 6) is 0.704. The average Bonchev–Trinajstić information content (AvgIpc) is 3.29. The highest BCUT2D eigenvalue weighted by atomic mass is 16.5. The number of nitrogens with one attached hydrogen (secondary N) is 2.